The van der Waals surface area contributed by atoms with Gasteiger partial charge in [0, 0.05) is 24.6 Å². The molecule has 1 unspecified atom stereocenters. The van der Waals surface area contributed by atoms with E-state index >= 15 is 0 Å². The summed E-state index contributed by atoms with van der Waals surface area (Å²) < 4.78 is 5.56. The summed E-state index contributed by atoms with van der Waals surface area (Å²) in [5, 5.41) is 14.9. The number of anilines is 1. The molecule has 0 saturated heterocycles. The van der Waals surface area contributed by atoms with E-state index in [1.54, 1.807) is 55.6 Å². The number of phenols is 1. The van der Waals surface area contributed by atoms with Crippen LogP contribution >= 0.6 is 0 Å². The first kappa shape index (κ1) is 19.9. The summed E-state index contributed by atoms with van der Waals surface area (Å²) in [4.78, 5) is 28.4. The maximum Gasteiger partial charge on any atom is 0.261 e. The number of hydrogen-bond acceptors (Lipinski definition) is 5. The lowest BCUT2D eigenvalue weighted by Crippen LogP contribution is -2.35. The Labute approximate surface area is 168 Å². The van der Waals surface area contributed by atoms with E-state index in [0.717, 1.165) is 5.56 Å². The Morgan fingerprint density at radius 2 is 1.90 bits per heavy atom. The van der Waals surface area contributed by atoms with Gasteiger partial charge in [-0.2, -0.15) is 0 Å². The molecule has 29 heavy (non-hydrogen) atoms. The van der Waals surface area contributed by atoms with Gasteiger partial charge >= 0.3 is 0 Å². The minimum Gasteiger partial charge on any atom is -0.508 e. The molecule has 0 aliphatic heterocycles. The lowest BCUT2D eigenvalue weighted by Gasteiger charge is -2.15. The number of phenolic OH excluding ortho intramolecular Hbond substituents is 1. The number of benzene rings is 2. The lowest BCUT2D eigenvalue weighted by molar-refractivity contribution is -0.127. The van der Waals surface area contributed by atoms with Gasteiger partial charge in [0.1, 0.15) is 11.5 Å². The van der Waals surface area contributed by atoms with E-state index in [0.29, 0.717) is 23.5 Å². The quantitative estimate of drug-likeness (QED) is 0.575. The van der Waals surface area contributed by atoms with Crippen LogP contribution in [-0.4, -0.2) is 28.0 Å². The molecule has 0 saturated carbocycles. The molecule has 1 aromatic heterocycles. The molecule has 2 amide bonds. The molecule has 3 N–H and O–H groups in total. The van der Waals surface area contributed by atoms with Crippen molar-refractivity contribution in [2.75, 3.05) is 5.32 Å². The molecule has 3 rings (SSSR count). The highest BCUT2D eigenvalue weighted by Crippen LogP contribution is 2.17. The van der Waals surface area contributed by atoms with Crippen LogP contribution in [0.15, 0.2) is 73.1 Å². The normalized spacial score (nSPS) is 11.3. The van der Waals surface area contributed by atoms with E-state index < -0.39 is 6.10 Å². The number of ether oxygens (including phenoxy) is 1. The standard InChI is InChI=1S/C22H21N3O4/c1-15(29-20-9-7-19(26)8-10-20)21(27)24-13-16-4-2-6-18(12-16)25-22(28)17-5-3-11-23-14-17/h2-12,14-15,26H,13H2,1H3,(H,24,27)(H,25,28). The van der Waals surface area contributed by atoms with Crippen molar-refractivity contribution in [3.8, 4) is 11.5 Å². The summed E-state index contributed by atoms with van der Waals surface area (Å²) in [6.45, 7) is 1.94. The van der Waals surface area contributed by atoms with Crippen molar-refractivity contribution in [3.05, 3.63) is 84.2 Å². The number of pyridine rings is 1. The van der Waals surface area contributed by atoms with Gasteiger partial charge in [-0.1, -0.05) is 12.1 Å². The van der Waals surface area contributed by atoms with Crippen LogP contribution in [0.2, 0.25) is 0 Å². The molecule has 1 atom stereocenters. The second-order valence-electron chi connectivity index (χ2n) is 6.37. The largest absolute Gasteiger partial charge is 0.508 e. The van der Waals surface area contributed by atoms with E-state index in [-0.39, 0.29) is 17.6 Å². The first-order valence-corrected chi connectivity index (χ1v) is 9.05. The third-order valence-corrected chi connectivity index (χ3v) is 4.09. The molecule has 0 aliphatic rings. The predicted molar refractivity (Wildman–Crippen MR) is 109 cm³/mol. The van der Waals surface area contributed by atoms with Gasteiger partial charge < -0.3 is 20.5 Å². The summed E-state index contributed by atoms with van der Waals surface area (Å²) in [7, 11) is 0. The van der Waals surface area contributed by atoms with Crippen molar-refractivity contribution in [3.63, 3.8) is 0 Å². The van der Waals surface area contributed by atoms with Crippen LogP contribution < -0.4 is 15.4 Å². The van der Waals surface area contributed by atoms with Crippen molar-refractivity contribution in [2.45, 2.75) is 19.6 Å². The van der Waals surface area contributed by atoms with Gasteiger partial charge in [-0.25, -0.2) is 0 Å². The smallest absolute Gasteiger partial charge is 0.261 e. The number of nitrogens with one attached hydrogen (secondary N) is 2. The summed E-state index contributed by atoms with van der Waals surface area (Å²) in [5.41, 5.74) is 1.92. The minimum absolute atomic E-state index is 0.130. The SMILES string of the molecule is CC(Oc1ccc(O)cc1)C(=O)NCc1cccc(NC(=O)c2cccnc2)c1. The molecular weight excluding hydrogens is 370 g/mol. The molecule has 0 fully saturated rings. The van der Waals surface area contributed by atoms with Crippen molar-refractivity contribution < 1.29 is 19.4 Å². The zero-order chi connectivity index (χ0) is 20.6. The van der Waals surface area contributed by atoms with Gasteiger partial charge in [-0.15, -0.1) is 0 Å². The zero-order valence-electron chi connectivity index (χ0n) is 15.8. The van der Waals surface area contributed by atoms with E-state index in [1.807, 2.05) is 6.07 Å². The van der Waals surface area contributed by atoms with Crippen molar-refractivity contribution in [1.82, 2.24) is 10.3 Å². The van der Waals surface area contributed by atoms with Crippen LogP contribution in [0.25, 0.3) is 0 Å². The number of hydrogen-bond donors (Lipinski definition) is 3. The number of amides is 2. The molecule has 0 spiro atoms. The Kier molecular flexibility index (Phi) is 6.42. The highest BCUT2D eigenvalue weighted by Gasteiger charge is 2.14. The number of carbonyl (C=O) groups is 2. The van der Waals surface area contributed by atoms with Crippen molar-refractivity contribution >= 4 is 17.5 Å². The topological polar surface area (TPSA) is 101 Å². The number of carbonyl (C=O) groups excluding carboxylic acids is 2. The Hall–Kier alpha value is -3.87. The number of rotatable bonds is 7. The molecule has 7 heteroatoms. The van der Waals surface area contributed by atoms with Gasteiger partial charge in [-0.3, -0.25) is 14.6 Å². The number of nitrogens with zero attached hydrogens (tertiary/aromatic N) is 1. The van der Waals surface area contributed by atoms with Gasteiger partial charge in [0.05, 0.1) is 5.56 Å². The Balaban J connectivity index is 1.53. The fourth-order valence-corrected chi connectivity index (χ4v) is 2.57. The summed E-state index contributed by atoms with van der Waals surface area (Å²) in [5.74, 6) is 0.0913. The molecule has 1 heterocycles. The zero-order valence-corrected chi connectivity index (χ0v) is 15.8. The Bertz CT molecular complexity index is 975. The molecule has 2 aromatic carbocycles. The summed E-state index contributed by atoms with van der Waals surface area (Å²) >= 11 is 0. The first-order chi connectivity index (χ1) is 14.0. The maximum atomic E-state index is 12.3. The molecule has 0 aliphatic carbocycles. The molecule has 148 valence electrons. The van der Waals surface area contributed by atoms with Crippen LogP contribution in [0.4, 0.5) is 5.69 Å². The van der Waals surface area contributed by atoms with E-state index in [2.05, 4.69) is 15.6 Å². The van der Waals surface area contributed by atoms with Gasteiger partial charge in [0.15, 0.2) is 6.10 Å². The van der Waals surface area contributed by atoms with Crippen LogP contribution in [-0.2, 0) is 11.3 Å². The molecule has 0 radical (unpaired) electrons. The minimum atomic E-state index is -0.701. The van der Waals surface area contributed by atoms with Crippen LogP contribution in [0.3, 0.4) is 0 Å². The van der Waals surface area contributed by atoms with E-state index in [1.165, 1.54) is 18.3 Å². The van der Waals surface area contributed by atoms with Gasteiger partial charge in [0.25, 0.3) is 11.8 Å². The van der Waals surface area contributed by atoms with Crippen LogP contribution in [0.1, 0.15) is 22.8 Å². The fraction of sp³-hybridized carbons (Fsp3) is 0.136. The molecule has 7 nitrogen and oxygen atoms in total. The van der Waals surface area contributed by atoms with Crippen LogP contribution in [0, 0.1) is 0 Å². The highest BCUT2D eigenvalue weighted by atomic mass is 16.5. The fourth-order valence-electron chi connectivity index (χ4n) is 2.57. The average molecular weight is 391 g/mol. The summed E-state index contributed by atoms with van der Waals surface area (Å²) in [6.07, 6.45) is 2.40. The Morgan fingerprint density at radius 1 is 1.10 bits per heavy atom. The third kappa shape index (κ3) is 5.80. The van der Waals surface area contributed by atoms with Crippen LogP contribution in [0.5, 0.6) is 11.5 Å². The maximum absolute atomic E-state index is 12.3. The monoisotopic (exact) mass is 391 g/mol. The second kappa shape index (κ2) is 9.36. The Morgan fingerprint density at radius 3 is 2.62 bits per heavy atom. The molecule has 3 aromatic rings. The highest BCUT2D eigenvalue weighted by molar-refractivity contribution is 6.04. The third-order valence-electron chi connectivity index (χ3n) is 4.09. The number of aromatic hydroxyl groups is 1. The van der Waals surface area contributed by atoms with E-state index in [9.17, 15) is 14.7 Å². The average Bonchev–Trinajstić information content (AvgIpc) is 2.74. The molecule has 0 bridgehead atoms. The molecular formula is C22H21N3O4. The lowest BCUT2D eigenvalue weighted by atomic mass is 10.2. The summed E-state index contributed by atoms with van der Waals surface area (Å²) in [6, 6.07) is 16.8. The predicted octanol–water partition coefficient (Wildman–Crippen LogP) is 3.12. The van der Waals surface area contributed by atoms with Crippen molar-refractivity contribution in [1.29, 1.82) is 0 Å². The second-order valence-corrected chi connectivity index (χ2v) is 6.37. The van der Waals surface area contributed by atoms with Crippen molar-refractivity contribution in [2.24, 2.45) is 0 Å². The number of aromatic nitrogens is 1. The van der Waals surface area contributed by atoms with E-state index in [4.69, 9.17) is 4.74 Å². The van der Waals surface area contributed by atoms with Gasteiger partial charge in [0.2, 0.25) is 0 Å². The first-order valence-electron chi connectivity index (χ1n) is 9.05. The van der Waals surface area contributed by atoms with Gasteiger partial charge in [-0.05, 0) is 61.0 Å².